The van der Waals surface area contributed by atoms with Gasteiger partial charge in [0.25, 0.3) is 0 Å². The second-order valence-electron chi connectivity index (χ2n) is 3.22. The van der Waals surface area contributed by atoms with Crippen molar-refractivity contribution in [2.24, 2.45) is 0 Å². The smallest absolute Gasteiger partial charge is 0.0981 e. The summed E-state index contributed by atoms with van der Waals surface area (Å²) in [6, 6.07) is 0.231. The van der Waals surface area contributed by atoms with Crippen molar-refractivity contribution in [1.29, 1.82) is 0 Å². The van der Waals surface area contributed by atoms with Crippen LogP contribution in [-0.2, 0) is 14.2 Å². The van der Waals surface area contributed by atoms with Crippen molar-refractivity contribution in [1.82, 2.24) is 4.90 Å². The third-order valence-electron chi connectivity index (χ3n) is 2.06. The van der Waals surface area contributed by atoms with E-state index in [9.17, 15) is 0 Å². The summed E-state index contributed by atoms with van der Waals surface area (Å²) >= 11 is 0. The molecular formula is C9H21NO3. The highest BCUT2D eigenvalue weighted by atomic mass is 16.5. The van der Waals surface area contributed by atoms with Gasteiger partial charge in [0.2, 0.25) is 0 Å². The zero-order valence-electron chi connectivity index (χ0n) is 9.24. The zero-order chi connectivity index (χ0) is 10.3. The second-order valence-corrected chi connectivity index (χ2v) is 3.22. The van der Waals surface area contributed by atoms with Crippen LogP contribution in [0.5, 0.6) is 0 Å². The molecule has 0 fully saturated rings. The van der Waals surface area contributed by atoms with E-state index >= 15 is 0 Å². The molecule has 13 heavy (non-hydrogen) atoms. The van der Waals surface area contributed by atoms with Gasteiger partial charge in [-0.15, -0.1) is 0 Å². The van der Waals surface area contributed by atoms with Gasteiger partial charge < -0.3 is 19.1 Å². The van der Waals surface area contributed by atoms with Crippen LogP contribution in [0.25, 0.3) is 0 Å². The minimum Gasteiger partial charge on any atom is -0.383 e. The molecule has 2 unspecified atom stereocenters. The summed E-state index contributed by atoms with van der Waals surface area (Å²) in [6.07, 6.45) is 0.0555. The maximum absolute atomic E-state index is 5.32. The van der Waals surface area contributed by atoms with Gasteiger partial charge in [-0.05, 0) is 14.1 Å². The molecule has 0 aliphatic rings. The first kappa shape index (κ1) is 12.8. The number of hydrogen-bond donors (Lipinski definition) is 0. The van der Waals surface area contributed by atoms with Gasteiger partial charge in [0.15, 0.2) is 0 Å². The molecule has 0 aromatic heterocycles. The van der Waals surface area contributed by atoms with Crippen LogP contribution in [0.3, 0.4) is 0 Å². The Balaban J connectivity index is 4.11. The van der Waals surface area contributed by atoms with Crippen LogP contribution in [0.2, 0.25) is 0 Å². The molecule has 4 nitrogen and oxygen atoms in total. The van der Waals surface area contributed by atoms with E-state index < -0.39 is 0 Å². The summed E-state index contributed by atoms with van der Waals surface area (Å²) in [5.74, 6) is 0. The number of methoxy groups -OCH3 is 3. The molecule has 0 saturated heterocycles. The summed E-state index contributed by atoms with van der Waals surface area (Å²) < 4.78 is 15.5. The molecule has 2 atom stereocenters. The molecule has 0 aliphatic carbocycles. The van der Waals surface area contributed by atoms with Crippen molar-refractivity contribution < 1.29 is 14.2 Å². The molecule has 4 heteroatoms. The SMILES string of the molecule is COCC(OC)C(COC)N(C)C. The Morgan fingerprint density at radius 2 is 1.54 bits per heavy atom. The first-order valence-electron chi connectivity index (χ1n) is 4.34. The zero-order valence-corrected chi connectivity index (χ0v) is 9.24. The fourth-order valence-electron chi connectivity index (χ4n) is 1.26. The van der Waals surface area contributed by atoms with E-state index in [2.05, 4.69) is 4.90 Å². The van der Waals surface area contributed by atoms with Crippen molar-refractivity contribution in [2.75, 3.05) is 48.6 Å². The molecule has 80 valence electrons. The van der Waals surface area contributed by atoms with Gasteiger partial charge in [-0.1, -0.05) is 0 Å². The number of hydrogen-bond acceptors (Lipinski definition) is 4. The normalized spacial score (nSPS) is 16.2. The van der Waals surface area contributed by atoms with Crippen molar-refractivity contribution >= 4 is 0 Å². The van der Waals surface area contributed by atoms with E-state index in [4.69, 9.17) is 14.2 Å². The monoisotopic (exact) mass is 191 g/mol. The van der Waals surface area contributed by atoms with Gasteiger partial charge in [0, 0.05) is 21.3 Å². The maximum atomic E-state index is 5.32. The first-order valence-corrected chi connectivity index (χ1v) is 4.34. The number of nitrogens with zero attached hydrogens (tertiary/aromatic N) is 1. The predicted molar refractivity (Wildman–Crippen MR) is 52.0 cm³/mol. The maximum Gasteiger partial charge on any atom is 0.0981 e. The highest BCUT2D eigenvalue weighted by molar-refractivity contribution is 4.76. The largest absolute Gasteiger partial charge is 0.383 e. The van der Waals surface area contributed by atoms with Crippen molar-refractivity contribution in [3.05, 3.63) is 0 Å². The molecule has 0 N–H and O–H groups in total. The first-order chi connectivity index (χ1) is 6.17. The molecule has 0 saturated carbocycles. The molecule has 0 bridgehead atoms. The summed E-state index contributed by atoms with van der Waals surface area (Å²) in [4.78, 5) is 2.08. The van der Waals surface area contributed by atoms with Crippen LogP contribution in [0.1, 0.15) is 0 Å². The Kier molecular flexibility index (Phi) is 7.17. The lowest BCUT2D eigenvalue weighted by Crippen LogP contribution is -2.45. The van der Waals surface area contributed by atoms with Crippen LogP contribution in [0.15, 0.2) is 0 Å². The lowest BCUT2D eigenvalue weighted by atomic mass is 10.1. The van der Waals surface area contributed by atoms with E-state index in [0.717, 1.165) is 0 Å². The van der Waals surface area contributed by atoms with E-state index in [1.165, 1.54) is 0 Å². The van der Waals surface area contributed by atoms with E-state index in [1.54, 1.807) is 21.3 Å². The molecule has 0 spiro atoms. The summed E-state index contributed by atoms with van der Waals surface area (Å²) in [5.41, 5.74) is 0. The van der Waals surface area contributed by atoms with Crippen molar-refractivity contribution in [2.45, 2.75) is 12.1 Å². The minimum absolute atomic E-state index is 0.0555. The molecule has 0 heterocycles. The van der Waals surface area contributed by atoms with Gasteiger partial charge in [0.1, 0.15) is 0 Å². The van der Waals surface area contributed by atoms with Crippen LogP contribution < -0.4 is 0 Å². The number of rotatable bonds is 7. The van der Waals surface area contributed by atoms with Gasteiger partial charge >= 0.3 is 0 Å². The number of likely N-dealkylation sites (N-methyl/N-ethyl adjacent to an activating group) is 1. The van der Waals surface area contributed by atoms with Crippen LogP contribution >= 0.6 is 0 Å². The lowest BCUT2D eigenvalue weighted by molar-refractivity contribution is -0.0408. The Morgan fingerprint density at radius 1 is 1.00 bits per heavy atom. The summed E-state index contributed by atoms with van der Waals surface area (Å²) in [5, 5.41) is 0. The molecule has 0 aromatic carbocycles. The van der Waals surface area contributed by atoms with Gasteiger partial charge in [-0.3, -0.25) is 0 Å². The molecule has 0 aromatic rings. The molecule has 0 radical (unpaired) electrons. The highest BCUT2D eigenvalue weighted by Crippen LogP contribution is 2.05. The van der Waals surface area contributed by atoms with E-state index in [-0.39, 0.29) is 12.1 Å². The fourth-order valence-corrected chi connectivity index (χ4v) is 1.26. The predicted octanol–water partition coefficient (Wildman–Crippen LogP) is 0.224. The Hall–Kier alpha value is -0.160. The van der Waals surface area contributed by atoms with Crippen LogP contribution in [0.4, 0.5) is 0 Å². The highest BCUT2D eigenvalue weighted by Gasteiger charge is 2.22. The van der Waals surface area contributed by atoms with E-state index in [1.807, 2.05) is 14.1 Å². The number of ether oxygens (including phenoxy) is 3. The standard InChI is InChI=1S/C9H21NO3/c1-10(2)8(6-11-3)9(13-5)7-12-4/h8-9H,6-7H2,1-5H3. The average molecular weight is 191 g/mol. The second kappa shape index (κ2) is 7.26. The Bertz CT molecular complexity index is 119. The Labute approximate surface area is 80.8 Å². The van der Waals surface area contributed by atoms with Crippen LogP contribution in [0, 0.1) is 0 Å². The average Bonchev–Trinajstić information content (AvgIpc) is 2.10. The van der Waals surface area contributed by atoms with Gasteiger partial charge in [-0.2, -0.15) is 0 Å². The minimum atomic E-state index is 0.0555. The van der Waals surface area contributed by atoms with Crippen LogP contribution in [-0.4, -0.2) is 65.7 Å². The van der Waals surface area contributed by atoms with Crippen molar-refractivity contribution in [3.8, 4) is 0 Å². The van der Waals surface area contributed by atoms with E-state index in [0.29, 0.717) is 13.2 Å². The third kappa shape index (κ3) is 4.57. The lowest BCUT2D eigenvalue weighted by Gasteiger charge is -2.30. The Morgan fingerprint density at radius 3 is 1.85 bits per heavy atom. The third-order valence-corrected chi connectivity index (χ3v) is 2.06. The summed E-state index contributed by atoms with van der Waals surface area (Å²) in [7, 11) is 9.06. The quantitative estimate of drug-likeness (QED) is 0.576. The molecule has 0 rings (SSSR count). The molecule has 0 aliphatic heterocycles. The van der Waals surface area contributed by atoms with Gasteiger partial charge in [-0.25, -0.2) is 0 Å². The molecule has 0 amide bonds. The summed E-state index contributed by atoms with van der Waals surface area (Å²) in [6.45, 7) is 1.23. The van der Waals surface area contributed by atoms with Crippen molar-refractivity contribution in [3.63, 3.8) is 0 Å². The molecular weight excluding hydrogens is 170 g/mol. The fraction of sp³-hybridized carbons (Fsp3) is 1.00. The van der Waals surface area contributed by atoms with Gasteiger partial charge in [0.05, 0.1) is 25.4 Å². The topological polar surface area (TPSA) is 30.9 Å².